The van der Waals surface area contributed by atoms with Gasteiger partial charge in [-0.15, -0.1) is 0 Å². The summed E-state index contributed by atoms with van der Waals surface area (Å²) >= 11 is 0. The lowest BCUT2D eigenvalue weighted by molar-refractivity contribution is -0.133. The summed E-state index contributed by atoms with van der Waals surface area (Å²) in [5.41, 5.74) is 0.759. The molecule has 0 spiro atoms. The second-order valence-corrected chi connectivity index (χ2v) is 9.54. The standard InChI is InChI=1S/C24H41N3O3.C2H6/c1-8-21(28)26(10-3)16-23(4,5)18-30-19-24(6,7)17-27(22(29)9-2)15-20-11-13-25-14-12-20;1-2/h11-14H,8-10,15-19H2,1-7H3;1-2H3. The van der Waals surface area contributed by atoms with Crippen LogP contribution in [0.1, 0.15) is 80.7 Å². The molecule has 0 unspecified atom stereocenters. The van der Waals surface area contributed by atoms with Gasteiger partial charge in [0.1, 0.15) is 0 Å². The third-order valence-corrected chi connectivity index (χ3v) is 5.04. The van der Waals surface area contributed by atoms with E-state index < -0.39 is 0 Å². The van der Waals surface area contributed by atoms with E-state index >= 15 is 0 Å². The van der Waals surface area contributed by atoms with Crippen molar-refractivity contribution >= 4 is 11.8 Å². The highest BCUT2D eigenvalue weighted by Gasteiger charge is 2.28. The zero-order valence-corrected chi connectivity index (χ0v) is 22.0. The molecule has 32 heavy (non-hydrogen) atoms. The second-order valence-electron chi connectivity index (χ2n) is 9.54. The zero-order chi connectivity index (χ0) is 24.8. The average Bonchev–Trinajstić information content (AvgIpc) is 2.77. The van der Waals surface area contributed by atoms with Crippen LogP contribution in [0.15, 0.2) is 24.5 Å². The third-order valence-electron chi connectivity index (χ3n) is 5.04. The lowest BCUT2D eigenvalue weighted by Crippen LogP contribution is -2.42. The molecule has 0 aliphatic carbocycles. The molecule has 1 rings (SSSR count). The van der Waals surface area contributed by atoms with Gasteiger partial charge in [-0.25, -0.2) is 0 Å². The number of hydrogen-bond acceptors (Lipinski definition) is 4. The van der Waals surface area contributed by atoms with Crippen LogP contribution in [0.2, 0.25) is 0 Å². The maximum absolute atomic E-state index is 12.5. The van der Waals surface area contributed by atoms with Crippen molar-refractivity contribution in [3.8, 4) is 0 Å². The van der Waals surface area contributed by atoms with Crippen LogP contribution in [0.25, 0.3) is 0 Å². The van der Waals surface area contributed by atoms with E-state index in [4.69, 9.17) is 4.74 Å². The minimum absolute atomic E-state index is 0.132. The van der Waals surface area contributed by atoms with Crippen LogP contribution in [0.4, 0.5) is 0 Å². The average molecular weight is 450 g/mol. The van der Waals surface area contributed by atoms with E-state index in [1.54, 1.807) is 12.4 Å². The Morgan fingerprint density at radius 3 is 1.72 bits per heavy atom. The van der Waals surface area contributed by atoms with Crippen molar-refractivity contribution in [1.29, 1.82) is 0 Å². The first-order valence-electron chi connectivity index (χ1n) is 12.1. The molecule has 1 heterocycles. The monoisotopic (exact) mass is 449 g/mol. The molecule has 1 aromatic rings. The minimum Gasteiger partial charge on any atom is -0.380 e. The molecule has 0 saturated heterocycles. The van der Waals surface area contributed by atoms with Gasteiger partial charge in [0, 0.05) is 62.2 Å². The van der Waals surface area contributed by atoms with E-state index in [1.165, 1.54) is 0 Å². The minimum atomic E-state index is -0.183. The summed E-state index contributed by atoms with van der Waals surface area (Å²) < 4.78 is 6.10. The number of ether oxygens (including phenoxy) is 1. The fourth-order valence-corrected chi connectivity index (χ4v) is 3.49. The first-order valence-corrected chi connectivity index (χ1v) is 12.1. The Bertz CT molecular complexity index is 660. The molecule has 0 radical (unpaired) electrons. The maximum Gasteiger partial charge on any atom is 0.222 e. The Kier molecular flexibility index (Phi) is 14.1. The SMILES string of the molecule is CC.CCC(=O)N(CC)CC(C)(C)COCC(C)(C)CN(Cc1ccncc1)C(=O)CC. The van der Waals surface area contributed by atoms with Gasteiger partial charge in [0.2, 0.25) is 11.8 Å². The van der Waals surface area contributed by atoms with Gasteiger partial charge in [-0.1, -0.05) is 55.4 Å². The van der Waals surface area contributed by atoms with Crippen molar-refractivity contribution in [3.63, 3.8) is 0 Å². The van der Waals surface area contributed by atoms with Gasteiger partial charge in [-0.05, 0) is 24.6 Å². The Labute approximate surface area is 196 Å². The lowest BCUT2D eigenvalue weighted by atomic mass is 9.92. The van der Waals surface area contributed by atoms with E-state index in [0.717, 1.165) is 5.56 Å². The van der Waals surface area contributed by atoms with Crippen LogP contribution in [-0.2, 0) is 20.9 Å². The number of nitrogens with zero attached hydrogens (tertiary/aromatic N) is 3. The number of carbonyl (C=O) groups is 2. The molecular weight excluding hydrogens is 402 g/mol. The molecule has 184 valence electrons. The highest BCUT2D eigenvalue weighted by molar-refractivity contribution is 5.76. The summed E-state index contributed by atoms with van der Waals surface area (Å²) in [7, 11) is 0. The predicted octanol–water partition coefficient (Wildman–Crippen LogP) is 5.17. The van der Waals surface area contributed by atoms with E-state index in [2.05, 4.69) is 32.7 Å². The van der Waals surface area contributed by atoms with Crippen molar-refractivity contribution in [3.05, 3.63) is 30.1 Å². The second kappa shape index (κ2) is 15.0. The van der Waals surface area contributed by atoms with Crippen molar-refractivity contribution in [1.82, 2.24) is 14.8 Å². The van der Waals surface area contributed by atoms with E-state index in [1.807, 2.05) is 56.6 Å². The first-order chi connectivity index (χ1) is 15.0. The van der Waals surface area contributed by atoms with Crippen molar-refractivity contribution in [2.75, 3.05) is 32.8 Å². The molecule has 0 bridgehead atoms. The number of hydrogen-bond donors (Lipinski definition) is 0. The number of amides is 2. The summed E-state index contributed by atoms with van der Waals surface area (Å²) in [6.07, 6.45) is 4.51. The molecule has 0 fully saturated rings. The van der Waals surface area contributed by atoms with E-state index in [-0.39, 0.29) is 22.6 Å². The molecule has 6 heteroatoms. The van der Waals surface area contributed by atoms with E-state index in [0.29, 0.717) is 52.2 Å². The number of carbonyl (C=O) groups excluding carboxylic acids is 2. The number of pyridine rings is 1. The summed E-state index contributed by atoms with van der Waals surface area (Å²) in [6.45, 7) is 22.0. The van der Waals surface area contributed by atoms with Crippen LogP contribution in [-0.4, -0.2) is 59.4 Å². The van der Waals surface area contributed by atoms with Crippen LogP contribution in [0.3, 0.4) is 0 Å². The topological polar surface area (TPSA) is 62.7 Å². The van der Waals surface area contributed by atoms with Gasteiger partial charge >= 0.3 is 0 Å². The quantitative estimate of drug-likeness (QED) is 0.416. The van der Waals surface area contributed by atoms with Crippen LogP contribution in [0.5, 0.6) is 0 Å². The van der Waals surface area contributed by atoms with Gasteiger partial charge in [-0.3, -0.25) is 14.6 Å². The summed E-state index contributed by atoms with van der Waals surface area (Å²) in [5.74, 6) is 0.313. The Morgan fingerprint density at radius 2 is 1.28 bits per heavy atom. The van der Waals surface area contributed by atoms with Crippen LogP contribution in [0, 0.1) is 10.8 Å². The van der Waals surface area contributed by atoms with Crippen molar-refractivity contribution in [2.24, 2.45) is 10.8 Å². The highest BCUT2D eigenvalue weighted by Crippen LogP contribution is 2.23. The maximum atomic E-state index is 12.5. The smallest absolute Gasteiger partial charge is 0.222 e. The summed E-state index contributed by atoms with van der Waals surface area (Å²) in [6, 6.07) is 3.89. The predicted molar refractivity (Wildman–Crippen MR) is 132 cm³/mol. The molecule has 0 aromatic carbocycles. The molecule has 0 aliphatic heterocycles. The Morgan fingerprint density at radius 1 is 0.844 bits per heavy atom. The van der Waals surface area contributed by atoms with Gasteiger partial charge in [-0.2, -0.15) is 0 Å². The largest absolute Gasteiger partial charge is 0.380 e. The molecule has 2 amide bonds. The first kappa shape index (κ1) is 30.0. The normalized spacial score (nSPS) is 11.4. The fourth-order valence-electron chi connectivity index (χ4n) is 3.49. The van der Waals surface area contributed by atoms with Crippen molar-refractivity contribution in [2.45, 2.75) is 81.7 Å². The fraction of sp³-hybridized carbons (Fsp3) is 0.731. The highest BCUT2D eigenvalue weighted by atomic mass is 16.5. The van der Waals surface area contributed by atoms with Crippen molar-refractivity contribution < 1.29 is 14.3 Å². The lowest BCUT2D eigenvalue weighted by Gasteiger charge is -2.35. The van der Waals surface area contributed by atoms with Gasteiger partial charge in [0.25, 0.3) is 0 Å². The molecule has 6 nitrogen and oxygen atoms in total. The van der Waals surface area contributed by atoms with Crippen LogP contribution >= 0.6 is 0 Å². The van der Waals surface area contributed by atoms with Gasteiger partial charge < -0.3 is 14.5 Å². The molecule has 0 N–H and O–H groups in total. The molecule has 0 aliphatic rings. The summed E-state index contributed by atoms with van der Waals surface area (Å²) in [4.78, 5) is 32.4. The van der Waals surface area contributed by atoms with Gasteiger partial charge in [0.05, 0.1) is 13.2 Å². The van der Waals surface area contributed by atoms with Gasteiger partial charge in [0.15, 0.2) is 0 Å². The van der Waals surface area contributed by atoms with Crippen LogP contribution < -0.4 is 0 Å². The summed E-state index contributed by atoms with van der Waals surface area (Å²) in [5, 5.41) is 0. The Balaban J connectivity index is 0.00000466. The Hall–Kier alpha value is -1.95. The molecule has 0 atom stereocenters. The molecule has 0 saturated carbocycles. The van der Waals surface area contributed by atoms with E-state index in [9.17, 15) is 9.59 Å². The third kappa shape index (κ3) is 11.6. The number of rotatable bonds is 13. The molecular formula is C26H47N3O3. The molecule has 1 aromatic heterocycles. The zero-order valence-electron chi connectivity index (χ0n) is 22.0. The number of aromatic nitrogens is 1.